The second kappa shape index (κ2) is 8.35. The molecule has 4 heteroatoms. The van der Waals surface area contributed by atoms with Crippen LogP contribution in [0.1, 0.15) is 42.4 Å². The summed E-state index contributed by atoms with van der Waals surface area (Å²) in [5.41, 5.74) is 3.35. The van der Waals surface area contributed by atoms with Crippen molar-refractivity contribution in [2.45, 2.75) is 46.0 Å². The van der Waals surface area contributed by atoms with Crippen LogP contribution in [0.5, 0.6) is 0 Å². The second-order valence-electron chi connectivity index (χ2n) is 5.16. The van der Waals surface area contributed by atoms with Crippen molar-refractivity contribution < 1.29 is 14.7 Å². The van der Waals surface area contributed by atoms with Crippen LogP contribution in [-0.2, 0) is 16.0 Å². The number of aliphatic carboxylic acids is 1. The normalized spacial score (nSPS) is 10.3. The molecule has 0 radical (unpaired) electrons. The Morgan fingerprint density at radius 1 is 1.15 bits per heavy atom. The Morgan fingerprint density at radius 2 is 1.90 bits per heavy atom. The molecular formula is C16H23NO3. The van der Waals surface area contributed by atoms with Crippen molar-refractivity contribution in [1.29, 1.82) is 0 Å². The quantitative estimate of drug-likeness (QED) is 0.718. The minimum atomic E-state index is -0.760. The zero-order valence-electron chi connectivity index (χ0n) is 12.2. The monoisotopic (exact) mass is 277 g/mol. The lowest BCUT2D eigenvalue weighted by atomic mass is 10.0. The van der Waals surface area contributed by atoms with Gasteiger partial charge >= 0.3 is 5.97 Å². The van der Waals surface area contributed by atoms with Crippen LogP contribution >= 0.6 is 0 Å². The number of nitrogens with one attached hydrogen (secondary N) is 1. The topological polar surface area (TPSA) is 66.4 Å². The third-order valence-corrected chi connectivity index (χ3v) is 3.25. The first-order valence-corrected chi connectivity index (χ1v) is 7.03. The standard InChI is InChI=1S/C16H23NO3/c1-12-7-8-13(2)14(10-12)11-15(18)17-9-5-3-4-6-16(19)20/h7-8,10H,3-6,9,11H2,1-2H3,(H,17,18)(H,19,20). The van der Waals surface area contributed by atoms with E-state index in [1.54, 1.807) is 0 Å². The highest BCUT2D eigenvalue weighted by molar-refractivity contribution is 5.78. The molecule has 0 spiro atoms. The van der Waals surface area contributed by atoms with E-state index in [9.17, 15) is 9.59 Å². The first-order chi connectivity index (χ1) is 9.49. The number of unbranched alkanes of at least 4 members (excludes halogenated alkanes) is 2. The second-order valence-corrected chi connectivity index (χ2v) is 5.16. The summed E-state index contributed by atoms with van der Waals surface area (Å²) in [6.07, 6.45) is 2.93. The molecule has 0 aliphatic carbocycles. The molecule has 0 aliphatic heterocycles. The minimum Gasteiger partial charge on any atom is -0.481 e. The van der Waals surface area contributed by atoms with Crippen LogP contribution in [0, 0.1) is 13.8 Å². The fourth-order valence-corrected chi connectivity index (χ4v) is 2.03. The van der Waals surface area contributed by atoms with Crippen molar-refractivity contribution in [2.75, 3.05) is 6.54 Å². The Bertz CT molecular complexity index is 469. The number of hydrogen-bond acceptors (Lipinski definition) is 2. The molecular weight excluding hydrogens is 254 g/mol. The van der Waals surface area contributed by atoms with Crippen molar-refractivity contribution in [3.8, 4) is 0 Å². The van der Waals surface area contributed by atoms with Gasteiger partial charge in [0.25, 0.3) is 0 Å². The van der Waals surface area contributed by atoms with Gasteiger partial charge in [0.15, 0.2) is 0 Å². The maximum Gasteiger partial charge on any atom is 0.303 e. The highest BCUT2D eigenvalue weighted by atomic mass is 16.4. The van der Waals surface area contributed by atoms with Crippen LogP contribution in [-0.4, -0.2) is 23.5 Å². The smallest absolute Gasteiger partial charge is 0.303 e. The van der Waals surface area contributed by atoms with Gasteiger partial charge < -0.3 is 10.4 Å². The highest BCUT2D eigenvalue weighted by Crippen LogP contribution is 2.11. The average molecular weight is 277 g/mol. The number of carboxylic acid groups (broad SMARTS) is 1. The van der Waals surface area contributed by atoms with Gasteiger partial charge in [0.05, 0.1) is 6.42 Å². The van der Waals surface area contributed by atoms with E-state index < -0.39 is 5.97 Å². The number of carbonyl (C=O) groups is 2. The van der Waals surface area contributed by atoms with Gasteiger partial charge in [0.1, 0.15) is 0 Å². The van der Waals surface area contributed by atoms with E-state index in [0.717, 1.165) is 29.5 Å². The van der Waals surface area contributed by atoms with Crippen molar-refractivity contribution in [3.63, 3.8) is 0 Å². The van der Waals surface area contributed by atoms with Gasteiger partial charge in [-0.1, -0.05) is 30.2 Å². The number of hydrogen-bond donors (Lipinski definition) is 2. The Kier molecular flexibility index (Phi) is 6.77. The maximum atomic E-state index is 11.8. The highest BCUT2D eigenvalue weighted by Gasteiger charge is 2.05. The van der Waals surface area contributed by atoms with Gasteiger partial charge in [-0.2, -0.15) is 0 Å². The summed E-state index contributed by atoms with van der Waals surface area (Å²) >= 11 is 0. The lowest BCUT2D eigenvalue weighted by molar-refractivity contribution is -0.137. The minimum absolute atomic E-state index is 0.0249. The fourth-order valence-electron chi connectivity index (χ4n) is 2.03. The van der Waals surface area contributed by atoms with Crippen LogP contribution in [0.15, 0.2) is 18.2 Å². The predicted octanol–water partition coefficient (Wildman–Crippen LogP) is 2.61. The van der Waals surface area contributed by atoms with Crippen LogP contribution in [0.3, 0.4) is 0 Å². The third kappa shape index (κ3) is 6.36. The molecule has 0 fully saturated rings. The number of aryl methyl sites for hydroxylation is 2. The molecule has 1 aromatic carbocycles. The number of rotatable bonds is 8. The van der Waals surface area contributed by atoms with Gasteiger partial charge in [-0.05, 0) is 37.8 Å². The summed E-state index contributed by atoms with van der Waals surface area (Å²) in [7, 11) is 0. The molecule has 0 unspecified atom stereocenters. The molecule has 110 valence electrons. The molecule has 0 saturated heterocycles. The lowest BCUT2D eigenvalue weighted by Crippen LogP contribution is -2.26. The van der Waals surface area contributed by atoms with Crippen LogP contribution in [0.4, 0.5) is 0 Å². The number of benzene rings is 1. The Hall–Kier alpha value is -1.84. The van der Waals surface area contributed by atoms with E-state index in [2.05, 4.69) is 5.32 Å². The molecule has 0 atom stereocenters. The number of carbonyl (C=O) groups excluding carboxylic acids is 1. The molecule has 0 saturated carbocycles. The molecule has 1 aromatic rings. The van der Waals surface area contributed by atoms with E-state index in [1.807, 2.05) is 32.0 Å². The van der Waals surface area contributed by atoms with Crippen LogP contribution in [0.25, 0.3) is 0 Å². The first kappa shape index (κ1) is 16.2. The van der Waals surface area contributed by atoms with Gasteiger partial charge in [-0.3, -0.25) is 9.59 Å². The molecule has 4 nitrogen and oxygen atoms in total. The zero-order chi connectivity index (χ0) is 15.0. The summed E-state index contributed by atoms with van der Waals surface area (Å²) < 4.78 is 0. The van der Waals surface area contributed by atoms with E-state index in [1.165, 1.54) is 0 Å². The molecule has 0 aromatic heterocycles. The Morgan fingerprint density at radius 3 is 2.60 bits per heavy atom. The van der Waals surface area contributed by atoms with Gasteiger partial charge in [0, 0.05) is 13.0 Å². The summed E-state index contributed by atoms with van der Waals surface area (Å²) in [5.74, 6) is -0.735. The van der Waals surface area contributed by atoms with Crippen molar-refractivity contribution in [3.05, 3.63) is 34.9 Å². The summed E-state index contributed by atoms with van der Waals surface area (Å²) in [6.45, 7) is 4.64. The summed E-state index contributed by atoms with van der Waals surface area (Å²) in [6, 6.07) is 6.12. The fraction of sp³-hybridized carbons (Fsp3) is 0.500. The third-order valence-electron chi connectivity index (χ3n) is 3.25. The molecule has 1 amide bonds. The van der Waals surface area contributed by atoms with Crippen LogP contribution < -0.4 is 5.32 Å². The van der Waals surface area contributed by atoms with Gasteiger partial charge in [0.2, 0.25) is 5.91 Å². The first-order valence-electron chi connectivity index (χ1n) is 7.03. The molecule has 0 bridgehead atoms. The molecule has 2 N–H and O–H groups in total. The maximum absolute atomic E-state index is 11.8. The lowest BCUT2D eigenvalue weighted by Gasteiger charge is -2.08. The largest absolute Gasteiger partial charge is 0.481 e. The molecule has 0 heterocycles. The Labute approximate surface area is 120 Å². The Balaban J connectivity index is 2.23. The van der Waals surface area contributed by atoms with Crippen molar-refractivity contribution in [1.82, 2.24) is 5.32 Å². The van der Waals surface area contributed by atoms with E-state index in [4.69, 9.17) is 5.11 Å². The van der Waals surface area contributed by atoms with Crippen molar-refractivity contribution in [2.24, 2.45) is 0 Å². The molecule has 20 heavy (non-hydrogen) atoms. The van der Waals surface area contributed by atoms with Crippen molar-refractivity contribution >= 4 is 11.9 Å². The van der Waals surface area contributed by atoms with Crippen LogP contribution in [0.2, 0.25) is 0 Å². The predicted molar refractivity (Wildman–Crippen MR) is 78.7 cm³/mol. The molecule has 1 rings (SSSR count). The number of amides is 1. The summed E-state index contributed by atoms with van der Waals surface area (Å²) in [4.78, 5) is 22.1. The number of carboxylic acids is 1. The average Bonchev–Trinajstić information content (AvgIpc) is 2.37. The van der Waals surface area contributed by atoms with E-state index in [0.29, 0.717) is 19.4 Å². The van der Waals surface area contributed by atoms with Gasteiger partial charge in [-0.15, -0.1) is 0 Å². The summed E-state index contributed by atoms with van der Waals surface area (Å²) in [5, 5.41) is 11.4. The van der Waals surface area contributed by atoms with Gasteiger partial charge in [-0.25, -0.2) is 0 Å². The zero-order valence-corrected chi connectivity index (χ0v) is 12.2. The van der Waals surface area contributed by atoms with E-state index >= 15 is 0 Å². The van der Waals surface area contributed by atoms with E-state index in [-0.39, 0.29) is 12.3 Å². The SMILES string of the molecule is Cc1ccc(C)c(CC(=O)NCCCCCC(=O)O)c1. The molecule has 0 aliphatic rings.